The van der Waals surface area contributed by atoms with Gasteiger partial charge in [0.05, 0.1) is 7.11 Å². The van der Waals surface area contributed by atoms with Gasteiger partial charge in [-0.15, -0.1) is 0 Å². The van der Waals surface area contributed by atoms with Gasteiger partial charge in [-0.1, -0.05) is 35.5 Å². The van der Waals surface area contributed by atoms with Crippen LogP contribution in [0.3, 0.4) is 0 Å². The summed E-state index contributed by atoms with van der Waals surface area (Å²) in [5.74, 6) is 0.908. The molecule has 88 valence electrons. The van der Waals surface area contributed by atoms with Crippen LogP contribution >= 0.6 is 11.8 Å². The van der Waals surface area contributed by atoms with Gasteiger partial charge in [0, 0.05) is 9.79 Å². The first-order valence-electron chi connectivity index (χ1n) is 5.58. The summed E-state index contributed by atoms with van der Waals surface area (Å²) < 4.78 is 5.25. The second-order valence-electron chi connectivity index (χ2n) is 4.05. The smallest absolute Gasteiger partial charge is 0.120 e. The summed E-state index contributed by atoms with van der Waals surface area (Å²) in [4.78, 5) is 2.50. The maximum Gasteiger partial charge on any atom is 0.120 e. The van der Waals surface area contributed by atoms with Crippen LogP contribution in [0.25, 0.3) is 0 Å². The van der Waals surface area contributed by atoms with E-state index in [1.165, 1.54) is 20.9 Å². The van der Waals surface area contributed by atoms with E-state index in [2.05, 4.69) is 50.2 Å². The SMILES string of the molecule is COc1ccc(C)c(Sc2ccc(C)cc2)c1. The first kappa shape index (κ1) is 12.1. The molecule has 0 aliphatic carbocycles. The van der Waals surface area contributed by atoms with Crippen molar-refractivity contribution in [2.24, 2.45) is 0 Å². The van der Waals surface area contributed by atoms with Crippen LogP contribution in [0.1, 0.15) is 11.1 Å². The highest BCUT2D eigenvalue weighted by Gasteiger charge is 2.03. The third kappa shape index (κ3) is 3.04. The number of hydrogen-bond acceptors (Lipinski definition) is 2. The lowest BCUT2D eigenvalue weighted by Crippen LogP contribution is -1.85. The Morgan fingerprint density at radius 1 is 0.941 bits per heavy atom. The van der Waals surface area contributed by atoms with Crippen LogP contribution in [0.4, 0.5) is 0 Å². The number of rotatable bonds is 3. The summed E-state index contributed by atoms with van der Waals surface area (Å²) in [6, 6.07) is 14.7. The van der Waals surface area contributed by atoms with E-state index < -0.39 is 0 Å². The average Bonchev–Trinajstić information content (AvgIpc) is 2.35. The number of ether oxygens (including phenoxy) is 1. The van der Waals surface area contributed by atoms with Crippen LogP contribution in [-0.4, -0.2) is 7.11 Å². The Kier molecular flexibility index (Phi) is 3.75. The molecule has 2 aromatic rings. The van der Waals surface area contributed by atoms with E-state index in [4.69, 9.17) is 4.74 Å². The van der Waals surface area contributed by atoms with Gasteiger partial charge in [0.25, 0.3) is 0 Å². The number of aryl methyl sites for hydroxylation is 2. The first-order valence-corrected chi connectivity index (χ1v) is 6.40. The lowest BCUT2D eigenvalue weighted by atomic mass is 10.2. The predicted octanol–water partition coefficient (Wildman–Crippen LogP) is 4.46. The summed E-state index contributed by atoms with van der Waals surface area (Å²) >= 11 is 1.77. The van der Waals surface area contributed by atoms with Crippen LogP contribution < -0.4 is 4.74 Å². The van der Waals surface area contributed by atoms with Gasteiger partial charge in [-0.25, -0.2) is 0 Å². The number of methoxy groups -OCH3 is 1. The van der Waals surface area contributed by atoms with Gasteiger partial charge in [-0.2, -0.15) is 0 Å². The monoisotopic (exact) mass is 244 g/mol. The molecule has 0 saturated heterocycles. The highest BCUT2D eigenvalue weighted by molar-refractivity contribution is 7.99. The topological polar surface area (TPSA) is 9.23 Å². The standard InChI is InChI=1S/C15H16OS/c1-11-4-8-14(9-5-11)17-15-10-13(16-3)7-6-12(15)2/h4-10H,1-3H3. The Morgan fingerprint density at radius 3 is 2.29 bits per heavy atom. The van der Waals surface area contributed by atoms with Crippen molar-refractivity contribution >= 4 is 11.8 Å². The van der Waals surface area contributed by atoms with Gasteiger partial charge in [0.2, 0.25) is 0 Å². The largest absolute Gasteiger partial charge is 0.497 e. The Labute approximate surface area is 107 Å². The van der Waals surface area contributed by atoms with E-state index in [-0.39, 0.29) is 0 Å². The maximum absolute atomic E-state index is 5.25. The molecule has 1 nitrogen and oxygen atoms in total. The summed E-state index contributed by atoms with van der Waals surface area (Å²) in [7, 11) is 1.70. The predicted molar refractivity (Wildman–Crippen MR) is 73.0 cm³/mol. The molecule has 2 rings (SSSR count). The van der Waals surface area contributed by atoms with Crippen LogP contribution in [0.5, 0.6) is 5.75 Å². The highest BCUT2D eigenvalue weighted by Crippen LogP contribution is 2.32. The van der Waals surface area contributed by atoms with Crippen LogP contribution in [0, 0.1) is 13.8 Å². The van der Waals surface area contributed by atoms with Crippen LogP contribution in [0.15, 0.2) is 52.3 Å². The van der Waals surface area contributed by atoms with Crippen molar-refractivity contribution in [1.82, 2.24) is 0 Å². The van der Waals surface area contributed by atoms with E-state index in [1.54, 1.807) is 18.9 Å². The summed E-state index contributed by atoms with van der Waals surface area (Å²) in [5, 5.41) is 0. The lowest BCUT2D eigenvalue weighted by molar-refractivity contribution is 0.413. The molecule has 0 aromatic heterocycles. The maximum atomic E-state index is 5.25. The summed E-state index contributed by atoms with van der Waals surface area (Å²) in [6.07, 6.45) is 0. The molecule has 0 spiro atoms. The minimum Gasteiger partial charge on any atom is -0.497 e. The summed E-state index contributed by atoms with van der Waals surface area (Å²) in [6.45, 7) is 4.22. The molecule has 0 fully saturated rings. The van der Waals surface area contributed by atoms with Crippen LogP contribution in [0.2, 0.25) is 0 Å². The van der Waals surface area contributed by atoms with Gasteiger partial charge >= 0.3 is 0 Å². The van der Waals surface area contributed by atoms with Gasteiger partial charge < -0.3 is 4.74 Å². The Bertz CT molecular complexity index is 503. The molecule has 0 aliphatic heterocycles. The molecule has 0 aliphatic rings. The third-order valence-corrected chi connectivity index (χ3v) is 3.81. The van der Waals surface area contributed by atoms with Crippen molar-refractivity contribution in [3.63, 3.8) is 0 Å². The second kappa shape index (κ2) is 5.28. The normalized spacial score (nSPS) is 10.3. The van der Waals surface area contributed by atoms with Crippen molar-refractivity contribution in [1.29, 1.82) is 0 Å². The molecule has 0 atom stereocenters. The molecule has 0 bridgehead atoms. The number of hydrogen-bond donors (Lipinski definition) is 0. The molecule has 17 heavy (non-hydrogen) atoms. The highest BCUT2D eigenvalue weighted by atomic mass is 32.2. The average molecular weight is 244 g/mol. The van der Waals surface area contributed by atoms with Gasteiger partial charge in [0.1, 0.15) is 5.75 Å². The molecule has 0 radical (unpaired) electrons. The summed E-state index contributed by atoms with van der Waals surface area (Å²) in [5.41, 5.74) is 2.56. The fraction of sp³-hybridized carbons (Fsp3) is 0.200. The number of benzene rings is 2. The Morgan fingerprint density at radius 2 is 1.65 bits per heavy atom. The van der Waals surface area contributed by atoms with E-state index in [9.17, 15) is 0 Å². The van der Waals surface area contributed by atoms with Gasteiger partial charge in [-0.3, -0.25) is 0 Å². The molecule has 0 amide bonds. The zero-order chi connectivity index (χ0) is 12.3. The molecule has 2 aromatic carbocycles. The van der Waals surface area contributed by atoms with E-state index in [0.717, 1.165) is 5.75 Å². The van der Waals surface area contributed by atoms with E-state index in [0.29, 0.717) is 0 Å². The Balaban J connectivity index is 2.25. The fourth-order valence-corrected chi connectivity index (χ4v) is 2.48. The van der Waals surface area contributed by atoms with Crippen molar-refractivity contribution in [3.05, 3.63) is 53.6 Å². The zero-order valence-electron chi connectivity index (χ0n) is 10.4. The molecule has 2 heteroatoms. The molecule has 0 unspecified atom stereocenters. The van der Waals surface area contributed by atoms with E-state index in [1.807, 2.05) is 6.07 Å². The molecular formula is C15H16OS. The molecular weight excluding hydrogens is 228 g/mol. The minimum atomic E-state index is 0.908. The minimum absolute atomic E-state index is 0.908. The lowest BCUT2D eigenvalue weighted by Gasteiger charge is -2.08. The van der Waals surface area contributed by atoms with Gasteiger partial charge in [-0.05, 0) is 43.7 Å². The fourth-order valence-electron chi connectivity index (χ4n) is 1.55. The van der Waals surface area contributed by atoms with Crippen molar-refractivity contribution in [2.75, 3.05) is 7.11 Å². The first-order chi connectivity index (χ1) is 8.19. The van der Waals surface area contributed by atoms with Gasteiger partial charge in [0.15, 0.2) is 0 Å². The Hall–Kier alpha value is -1.41. The van der Waals surface area contributed by atoms with E-state index >= 15 is 0 Å². The van der Waals surface area contributed by atoms with Crippen LogP contribution in [-0.2, 0) is 0 Å². The second-order valence-corrected chi connectivity index (χ2v) is 5.16. The van der Waals surface area contributed by atoms with Crippen molar-refractivity contribution < 1.29 is 4.74 Å². The van der Waals surface area contributed by atoms with Crippen molar-refractivity contribution in [3.8, 4) is 5.75 Å². The quantitative estimate of drug-likeness (QED) is 0.788. The molecule has 0 N–H and O–H groups in total. The third-order valence-electron chi connectivity index (χ3n) is 2.64. The molecule has 0 heterocycles. The zero-order valence-corrected chi connectivity index (χ0v) is 11.2. The van der Waals surface area contributed by atoms with Crippen molar-refractivity contribution in [2.45, 2.75) is 23.6 Å². The molecule has 0 saturated carbocycles.